The Labute approximate surface area is 208 Å². The van der Waals surface area contributed by atoms with E-state index < -0.39 is 11.6 Å². The van der Waals surface area contributed by atoms with Crippen LogP contribution in [0.1, 0.15) is 42.1 Å². The lowest BCUT2D eigenvalue weighted by Gasteiger charge is -2.37. The van der Waals surface area contributed by atoms with E-state index >= 15 is 0 Å². The van der Waals surface area contributed by atoms with E-state index in [9.17, 15) is 19.2 Å². The van der Waals surface area contributed by atoms with Crippen LogP contribution in [-0.4, -0.2) is 59.2 Å². The minimum Gasteiger partial charge on any atom is -0.466 e. The summed E-state index contributed by atoms with van der Waals surface area (Å²) in [7, 11) is 0. The number of ether oxygens (including phenoxy) is 2. The fourth-order valence-corrected chi connectivity index (χ4v) is 4.83. The number of piperidine rings is 1. The molecule has 0 aliphatic carbocycles. The second kappa shape index (κ2) is 11.3. The molecule has 0 saturated carbocycles. The van der Waals surface area contributed by atoms with E-state index in [1.54, 1.807) is 50.2 Å². The number of aromatic nitrogens is 2. The Hall–Kier alpha value is -3.72. The number of para-hydroxylation sites is 1. The maximum Gasteiger partial charge on any atom is 0.338 e. The van der Waals surface area contributed by atoms with Crippen LogP contribution in [0.2, 0.25) is 0 Å². The molecule has 2 aromatic carbocycles. The maximum absolute atomic E-state index is 12.9. The topological polar surface area (TPSA) is 111 Å². The van der Waals surface area contributed by atoms with Crippen LogP contribution in [0.25, 0.3) is 10.9 Å². The molecule has 1 saturated heterocycles. The van der Waals surface area contributed by atoms with Gasteiger partial charge in [-0.15, -0.1) is 0 Å². The van der Waals surface area contributed by atoms with Gasteiger partial charge in [-0.2, -0.15) is 0 Å². The first kappa shape index (κ1) is 25.4. The van der Waals surface area contributed by atoms with Crippen LogP contribution in [-0.2, 0) is 20.8 Å². The molecule has 0 radical (unpaired) electrons. The van der Waals surface area contributed by atoms with Gasteiger partial charge in [-0.05, 0) is 62.6 Å². The third kappa shape index (κ3) is 5.41. The molecule has 9 heteroatoms. The van der Waals surface area contributed by atoms with Gasteiger partial charge in [0.15, 0.2) is 0 Å². The van der Waals surface area contributed by atoms with E-state index in [2.05, 4.69) is 9.88 Å². The van der Waals surface area contributed by atoms with Crippen LogP contribution in [0.3, 0.4) is 0 Å². The Morgan fingerprint density at radius 3 is 2.42 bits per heavy atom. The quantitative estimate of drug-likeness (QED) is 0.480. The Balaban J connectivity index is 1.50. The van der Waals surface area contributed by atoms with Gasteiger partial charge in [0.25, 0.3) is 5.56 Å². The predicted molar refractivity (Wildman–Crippen MR) is 135 cm³/mol. The van der Waals surface area contributed by atoms with Gasteiger partial charge >= 0.3 is 17.6 Å². The number of H-pyrrole nitrogens is 1. The van der Waals surface area contributed by atoms with Gasteiger partial charge in [0.2, 0.25) is 0 Å². The average molecular weight is 494 g/mol. The van der Waals surface area contributed by atoms with Crippen LogP contribution < -0.4 is 11.2 Å². The molecule has 1 aliphatic heterocycles. The minimum atomic E-state index is -0.447. The molecule has 0 amide bonds. The zero-order valence-electron chi connectivity index (χ0n) is 20.6. The highest BCUT2D eigenvalue weighted by Crippen LogP contribution is 2.34. The summed E-state index contributed by atoms with van der Waals surface area (Å²) >= 11 is 0. The fraction of sp³-hybridized carbons (Fsp3) is 0.407. The van der Waals surface area contributed by atoms with Crippen LogP contribution >= 0.6 is 0 Å². The summed E-state index contributed by atoms with van der Waals surface area (Å²) in [5.41, 5.74) is 1.17. The zero-order valence-corrected chi connectivity index (χ0v) is 20.6. The number of fused-ring (bicyclic) bond motifs is 1. The predicted octanol–water partition coefficient (Wildman–Crippen LogP) is 2.54. The number of aromatic amines is 1. The summed E-state index contributed by atoms with van der Waals surface area (Å²) in [6.45, 7) is 5.94. The van der Waals surface area contributed by atoms with Crippen molar-refractivity contribution in [2.75, 3.05) is 32.8 Å². The number of rotatable bonds is 8. The van der Waals surface area contributed by atoms with E-state index in [4.69, 9.17) is 9.47 Å². The van der Waals surface area contributed by atoms with E-state index in [0.717, 1.165) is 5.56 Å². The smallest absolute Gasteiger partial charge is 0.338 e. The van der Waals surface area contributed by atoms with Crippen molar-refractivity contribution < 1.29 is 19.1 Å². The summed E-state index contributed by atoms with van der Waals surface area (Å²) in [5.74, 6) is -1.12. The average Bonchev–Trinajstić information content (AvgIpc) is 2.89. The van der Waals surface area contributed by atoms with Crippen LogP contribution in [0.15, 0.2) is 58.1 Å². The SMILES string of the molecule is CCOC(=O)c1ccc([C@H]2CCN(CCn3c(=O)[nH]c4ccccc4c3=O)C[C@H]2C(=O)OCC)cc1. The Morgan fingerprint density at radius 2 is 1.69 bits per heavy atom. The van der Waals surface area contributed by atoms with Crippen molar-refractivity contribution >= 4 is 22.8 Å². The number of likely N-dealkylation sites (tertiary alicyclic amines) is 1. The maximum atomic E-state index is 12.9. The molecule has 0 unspecified atom stereocenters. The first-order valence-electron chi connectivity index (χ1n) is 12.3. The normalized spacial score (nSPS) is 18.2. The van der Waals surface area contributed by atoms with Crippen LogP contribution in [0.5, 0.6) is 0 Å². The monoisotopic (exact) mass is 493 g/mol. The van der Waals surface area contributed by atoms with Gasteiger partial charge in [-0.25, -0.2) is 9.59 Å². The van der Waals surface area contributed by atoms with Crippen molar-refractivity contribution in [2.24, 2.45) is 5.92 Å². The van der Waals surface area contributed by atoms with Gasteiger partial charge in [0, 0.05) is 19.6 Å². The van der Waals surface area contributed by atoms with Crippen molar-refractivity contribution in [2.45, 2.75) is 32.7 Å². The highest BCUT2D eigenvalue weighted by atomic mass is 16.5. The van der Waals surface area contributed by atoms with E-state index in [1.807, 2.05) is 12.1 Å². The molecule has 0 bridgehead atoms. The first-order valence-corrected chi connectivity index (χ1v) is 12.3. The molecular formula is C27H31N3O6. The summed E-state index contributed by atoms with van der Waals surface area (Å²) in [6.07, 6.45) is 0.700. The molecule has 1 aromatic heterocycles. The van der Waals surface area contributed by atoms with Crippen molar-refractivity contribution in [3.8, 4) is 0 Å². The number of nitrogens with zero attached hydrogens (tertiary/aromatic N) is 2. The second-order valence-electron chi connectivity index (χ2n) is 8.83. The molecule has 4 rings (SSSR count). The third-order valence-corrected chi connectivity index (χ3v) is 6.67. The molecule has 1 fully saturated rings. The van der Waals surface area contributed by atoms with Crippen molar-refractivity contribution in [3.05, 3.63) is 80.5 Å². The van der Waals surface area contributed by atoms with Gasteiger partial charge in [-0.3, -0.25) is 14.2 Å². The van der Waals surface area contributed by atoms with Crippen LogP contribution in [0, 0.1) is 5.92 Å². The molecule has 36 heavy (non-hydrogen) atoms. The number of hydrogen-bond acceptors (Lipinski definition) is 7. The van der Waals surface area contributed by atoms with Gasteiger partial charge in [-0.1, -0.05) is 24.3 Å². The zero-order chi connectivity index (χ0) is 25.7. The summed E-state index contributed by atoms with van der Waals surface area (Å²) < 4.78 is 11.6. The highest BCUT2D eigenvalue weighted by Gasteiger charge is 2.36. The minimum absolute atomic E-state index is 0.0664. The number of carbonyl (C=O) groups is 2. The first-order chi connectivity index (χ1) is 17.4. The molecule has 2 heterocycles. The Morgan fingerprint density at radius 1 is 0.972 bits per heavy atom. The van der Waals surface area contributed by atoms with E-state index in [0.29, 0.717) is 49.1 Å². The molecule has 2 atom stereocenters. The standard InChI is InChI=1S/C27H31N3O6/c1-3-35-25(32)19-11-9-18(10-12-19)20-13-14-29(17-22(20)26(33)36-4-2)15-16-30-24(31)21-7-5-6-8-23(21)28-27(30)34/h5-12,20,22H,3-4,13-17H2,1-2H3,(H,28,34)/t20-,22-/m1/s1. The molecule has 0 spiro atoms. The van der Waals surface area contributed by atoms with Gasteiger partial charge in [0.05, 0.1) is 35.6 Å². The number of hydrogen-bond donors (Lipinski definition) is 1. The summed E-state index contributed by atoms with van der Waals surface area (Å²) in [6, 6.07) is 14.1. The molecule has 190 valence electrons. The van der Waals surface area contributed by atoms with Gasteiger partial charge < -0.3 is 19.4 Å². The molecule has 9 nitrogen and oxygen atoms in total. The second-order valence-corrected chi connectivity index (χ2v) is 8.83. The highest BCUT2D eigenvalue weighted by molar-refractivity contribution is 5.89. The Kier molecular flexibility index (Phi) is 8.00. The third-order valence-electron chi connectivity index (χ3n) is 6.67. The van der Waals surface area contributed by atoms with E-state index in [-0.39, 0.29) is 36.6 Å². The van der Waals surface area contributed by atoms with E-state index in [1.165, 1.54) is 4.57 Å². The largest absolute Gasteiger partial charge is 0.466 e. The van der Waals surface area contributed by atoms with Crippen molar-refractivity contribution in [3.63, 3.8) is 0 Å². The molecule has 3 aromatic rings. The van der Waals surface area contributed by atoms with Crippen molar-refractivity contribution in [1.29, 1.82) is 0 Å². The number of nitrogens with one attached hydrogen (secondary N) is 1. The molecule has 1 N–H and O–H groups in total. The lowest BCUT2D eigenvalue weighted by Crippen LogP contribution is -2.46. The number of benzene rings is 2. The van der Waals surface area contributed by atoms with Gasteiger partial charge in [0.1, 0.15) is 0 Å². The summed E-state index contributed by atoms with van der Waals surface area (Å²) in [4.78, 5) is 55.1. The number of esters is 2. The molecular weight excluding hydrogens is 462 g/mol. The summed E-state index contributed by atoms with van der Waals surface area (Å²) in [5, 5.41) is 0.464. The van der Waals surface area contributed by atoms with Crippen LogP contribution in [0.4, 0.5) is 0 Å². The Bertz CT molecular complexity index is 1340. The lowest BCUT2D eigenvalue weighted by molar-refractivity contribution is -0.150. The lowest BCUT2D eigenvalue weighted by atomic mass is 9.80. The number of carbonyl (C=O) groups excluding carboxylic acids is 2. The van der Waals surface area contributed by atoms with Crippen molar-refractivity contribution in [1.82, 2.24) is 14.5 Å². The molecule has 1 aliphatic rings. The fourth-order valence-electron chi connectivity index (χ4n) is 4.83.